The van der Waals surface area contributed by atoms with Crippen LogP contribution in [0.2, 0.25) is 0 Å². The second-order valence-electron chi connectivity index (χ2n) is 9.21. The zero-order valence-electron chi connectivity index (χ0n) is 18.0. The molecule has 1 aliphatic carbocycles. The molecule has 1 aliphatic heterocycles. The largest absolute Gasteiger partial charge is 0.444 e. The fraction of sp³-hybridized carbons (Fsp3) is 0.583. The van der Waals surface area contributed by atoms with Crippen LogP contribution < -0.4 is 5.32 Å². The lowest BCUT2D eigenvalue weighted by Crippen LogP contribution is -2.40. The molecule has 1 aromatic carbocycles. The van der Waals surface area contributed by atoms with Crippen molar-refractivity contribution in [3.05, 3.63) is 41.0 Å². The maximum absolute atomic E-state index is 12.2. The summed E-state index contributed by atoms with van der Waals surface area (Å²) in [7, 11) is 0. The first-order chi connectivity index (χ1) is 13.8. The summed E-state index contributed by atoms with van der Waals surface area (Å²) in [6, 6.07) is 8.36. The number of carbonyl (C=O) groups is 2. The number of nitrogens with one attached hydrogen (secondary N) is 1. The number of hydrogen-bond acceptors (Lipinski definition) is 3. The molecule has 5 nitrogen and oxygen atoms in total. The topological polar surface area (TPSA) is 58.6 Å². The average molecular weight is 399 g/mol. The molecule has 2 fully saturated rings. The highest BCUT2D eigenvalue weighted by Gasteiger charge is 2.24. The van der Waals surface area contributed by atoms with Crippen molar-refractivity contribution < 1.29 is 14.3 Å². The third-order valence-corrected chi connectivity index (χ3v) is 5.60. The molecule has 0 spiro atoms. The van der Waals surface area contributed by atoms with Gasteiger partial charge >= 0.3 is 6.09 Å². The Bertz CT molecular complexity index is 730. The summed E-state index contributed by atoms with van der Waals surface area (Å²) in [4.78, 5) is 26.1. The van der Waals surface area contributed by atoms with Crippen LogP contribution in [0.3, 0.4) is 0 Å². The number of hydrogen-bond donors (Lipinski definition) is 1. The fourth-order valence-electron chi connectivity index (χ4n) is 3.94. The van der Waals surface area contributed by atoms with E-state index in [0.29, 0.717) is 19.6 Å². The number of amides is 2. The fourth-order valence-corrected chi connectivity index (χ4v) is 3.94. The van der Waals surface area contributed by atoms with Gasteiger partial charge in [-0.05, 0) is 57.6 Å². The molecule has 2 aliphatic rings. The van der Waals surface area contributed by atoms with Gasteiger partial charge in [-0.1, -0.05) is 48.8 Å². The maximum Gasteiger partial charge on any atom is 0.410 e. The van der Waals surface area contributed by atoms with Crippen molar-refractivity contribution in [3.63, 3.8) is 0 Å². The summed E-state index contributed by atoms with van der Waals surface area (Å²) in [6.45, 7) is 7.67. The summed E-state index contributed by atoms with van der Waals surface area (Å²) in [5.74, 6) is 0.413. The molecule has 0 radical (unpaired) electrons. The van der Waals surface area contributed by atoms with Crippen LogP contribution in [0.15, 0.2) is 29.8 Å². The van der Waals surface area contributed by atoms with Gasteiger partial charge in [0.05, 0.1) is 0 Å². The minimum absolute atomic E-state index is 0.199. The second kappa shape index (κ2) is 9.47. The molecule has 1 heterocycles. The molecule has 1 aromatic rings. The van der Waals surface area contributed by atoms with E-state index in [1.807, 2.05) is 20.8 Å². The summed E-state index contributed by atoms with van der Waals surface area (Å²) in [5.41, 5.74) is 3.19. The zero-order valence-corrected chi connectivity index (χ0v) is 18.0. The molecule has 3 rings (SSSR count). The van der Waals surface area contributed by atoms with Gasteiger partial charge in [-0.2, -0.15) is 0 Å². The Morgan fingerprint density at radius 2 is 1.72 bits per heavy atom. The molecular weight excluding hydrogens is 364 g/mol. The van der Waals surface area contributed by atoms with Gasteiger partial charge in [-0.15, -0.1) is 0 Å². The lowest BCUT2D eigenvalue weighted by molar-refractivity contribution is -0.124. The molecule has 0 unspecified atom stereocenters. The van der Waals surface area contributed by atoms with E-state index in [2.05, 4.69) is 35.7 Å². The van der Waals surface area contributed by atoms with Crippen LogP contribution in [0.25, 0.3) is 6.08 Å². The molecule has 29 heavy (non-hydrogen) atoms. The number of carbonyl (C=O) groups excluding carboxylic acids is 2. The number of rotatable bonds is 4. The lowest BCUT2D eigenvalue weighted by atomic mass is 10.0. The van der Waals surface area contributed by atoms with Crippen LogP contribution in [0.1, 0.15) is 70.4 Å². The molecule has 2 amide bonds. The Balaban J connectivity index is 1.46. The van der Waals surface area contributed by atoms with Gasteiger partial charge in [0.15, 0.2) is 0 Å². The van der Waals surface area contributed by atoms with Crippen molar-refractivity contribution in [1.82, 2.24) is 10.2 Å². The Morgan fingerprint density at radius 1 is 1.10 bits per heavy atom. The Kier molecular flexibility index (Phi) is 6.99. The van der Waals surface area contributed by atoms with Crippen LogP contribution in [-0.2, 0) is 16.1 Å². The highest BCUT2D eigenvalue weighted by molar-refractivity contribution is 5.78. The number of likely N-dealkylation sites (tertiary alicyclic amines) is 1. The van der Waals surface area contributed by atoms with E-state index in [1.165, 1.54) is 18.4 Å². The zero-order chi connectivity index (χ0) is 20.9. The Hall–Kier alpha value is -2.30. The first-order valence-corrected chi connectivity index (χ1v) is 10.8. The van der Waals surface area contributed by atoms with Gasteiger partial charge < -0.3 is 15.0 Å². The predicted octanol–water partition coefficient (Wildman–Crippen LogP) is 4.91. The van der Waals surface area contributed by atoms with Gasteiger partial charge in [0.25, 0.3) is 0 Å². The van der Waals surface area contributed by atoms with Crippen molar-refractivity contribution >= 4 is 18.1 Å². The van der Waals surface area contributed by atoms with Gasteiger partial charge in [0.1, 0.15) is 5.60 Å². The first-order valence-electron chi connectivity index (χ1n) is 10.8. The predicted molar refractivity (Wildman–Crippen MR) is 115 cm³/mol. The highest BCUT2D eigenvalue weighted by atomic mass is 16.6. The quantitative estimate of drug-likeness (QED) is 0.784. The third-order valence-electron chi connectivity index (χ3n) is 5.60. The summed E-state index contributed by atoms with van der Waals surface area (Å²) >= 11 is 0. The van der Waals surface area contributed by atoms with Crippen LogP contribution in [0.5, 0.6) is 0 Å². The molecule has 1 N–H and O–H groups in total. The van der Waals surface area contributed by atoms with Crippen molar-refractivity contribution in [2.24, 2.45) is 5.92 Å². The van der Waals surface area contributed by atoms with E-state index in [0.717, 1.165) is 36.8 Å². The Morgan fingerprint density at radius 3 is 2.31 bits per heavy atom. The SMILES string of the molecule is CC(C)(C)OC(=O)N1CCC(=Cc2ccc(CNC(=O)C3CCCC3)cc2)CC1. The molecule has 1 saturated carbocycles. The number of benzene rings is 1. The van der Waals surface area contributed by atoms with E-state index in [9.17, 15) is 9.59 Å². The normalized spacial score (nSPS) is 17.9. The van der Waals surface area contributed by atoms with E-state index in [1.54, 1.807) is 4.90 Å². The highest BCUT2D eigenvalue weighted by Crippen LogP contribution is 2.25. The van der Waals surface area contributed by atoms with Crippen molar-refractivity contribution in [1.29, 1.82) is 0 Å². The van der Waals surface area contributed by atoms with Crippen molar-refractivity contribution in [2.75, 3.05) is 13.1 Å². The second-order valence-corrected chi connectivity index (χ2v) is 9.21. The van der Waals surface area contributed by atoms with Crippen molar-refractivity contribution in [3.8, 4) is 0 Å². The number of nitrogens with zero attached hydrogens (tertiary/aromatic N) is 1. The van der Waals surface area contributed by atoms with Gasteiger partial charge in [-0.3, -0.25) is 4.79 Å². The number of ether oxygens (including phenoxy) is 1. The smallest absolute Gasteiger partial charge is 0.410 e. The van der Waals surface area contributed by atoms with Crippen molar-refractivity contribution in [2.45, 2.75) is 71.4 Å². The van der Waals surface area contributed by atoms with E-state index >= 15 is 0 Å². The minimum atomic E-state index is -0.453. The number of piperidine rings is 1. The molecule has 5 heteroatoms. The van der Waals surface area contributed by atoms with Crippen LogP contribution in [0.4, 0.5) is 4.79 Å². The molecule has 0 aromatic heterocycles. The molecule has 0 bridgehead atoms. The van der Waals surface area contributed by atoms with Crippen LogP contribution >= 0.6 is 0 Å². The van der Waals surface area contributed by atoms with Crippen LogP contribution in [-0.4, -0.2) is 35.6 Å². The third kappa shape index (κ3) is 6.62. The van der Waals surface area contributed by atoms with Gasteiger partial charge in [-0.25, -0.2) is 4.79 Å². The summed E-state index contributed by atoms with van der Waals surface area (Å²) in [5, 5.41) is 3.07. The summed E-state index contributed by atoms with van der Waals surface area (Å²) < 4.78 is 5.45. The molecule has 0 atom stereocenters. The standard InChI is InChI=1S/C24H34N2O3/c1-24(2,3)29-23(28)26-14-12-19(13-15-26)16-18-8-10-20(11-9-18)17-25-22(27)21-6-4-5-7-21/h8-11,16,21H,4-7,12-15,17H2,1-3H3,(H,25,27). The van der Waals surface area contributed by atoms with E-state index in [-0.39, 0.29) is 17.9 Å². The van der Waals surface area contributed by atoms with E-state index in [4.69, 9.17) is 4.74 Å². The first kappa shape index (κ1) is 21.4. The van der Waals surface area contributed by atoms with E-state index < -0.39 is 5.60 Å². The van der Waals surface area contributed by atoms with Gasteiger partial charge in [0.2, 0.25) is 5.91 Å². The maximum atomic E-state index is 12.2. The van der Waals surface area contributed by atoms with Gasteiger partial charge in [0, 0.05) is 25.6 Å². The molecule has 1 saturated heterocycles. The molecular formula is C24H34N2O3. The minimum Gasteiger partial charge on any atom is -0.444 e. The molecule has 158 valence electrons. The lowest BCUT2D eigenvalue weighted by Gasteiger charge is -2.31. The monoisotopic (exact) mass is 398 g/mol. The average Bonchev–Trinajstić information content (AvgIpc) is 3.21. The Labute approximate surface area is 174 Å². The van der Waals surface area contributed by atoms with Crippen LogP contribution in [0, 0.1) is 5.92 Å². The summed E-state index contributed by atoms with van der Waals surface area (Å²) in [6.07, 6.45) is 8.16.